The summed E-state index contributed by atoms with van der Waals surface area (Å²) in [5, 5.41) is 3.53. The molecule has 0 unspecified atom stereocenters. The molecule has 1 aromatic rings. The van der Waals surface area contributed by atoms with Crippen molar-refractivity contribution in [1.82, 2.24) is 14.9 Å². The van der Waals surface area contributed by atoms with Crippen molar-refractivity contribution >= 4 is 0 Å². The zero-order chi connectivity index (χ0) is 13.2. The Kier molecular flexibility index (Phi) is 3.78. The van der Waals surface area contributed by atoms with Crippen molar-refractivity contribution in [3.63, 3.8) is 0 Å². The summed E-state index contributed by atoms with van der Waals surface area (Å²) < 4.78 is 7.80. The Morgan fingerprint density at radius 1 is 1.39 bits per heavy atom. The molecule has 4 nitrogen and oxygen atoms in total. The predicted octanol–water partition coefficient (Wildman–Crippen LogP) is 2.30. The summed E-state index contributed by atoms with van der Waals surface area (Å²) in [6.45, 7) is 11.4. The Balaban J connectivity index is 2.11. The van der Waals surface area contributed by atoms with Gasteiger partial charge in [0.15, 0.2) is 0 Å². The number of ether oxygens (including phenoxy) is 1. The largest absolute Gasteiger partial charge is 0.381 e. The van der Waals surface area contributed by atoms with Crippen LogP contribution in [0.25, 0.3) is 0 Å². The highest BCUT2D eigenvalue weighted by molar-refractivity contribution is 5.04. The maximum Gasteiger partial charge on any atom is 0.0953 e. The van der Waals surface area contributed by atoms with Crippen LogP contribution in [0.2, 0.25) is 0 Å². The molecule has 1 aliphatic heterocycles. The van der Waals surface area contributed by atoms with Crippen molar-refractivity contribution in [2.75, 3.05) is 13.2 Å². The molecule has 0 atom stereocenters. The minimum atomic E-state index is 0.131. The van der Waals surface area contributed by atoms with Gasteiger partial charge in [-0.25, -0.2) is 4.98 Å². The summed E-state index contributed by atoms with van der Waals surface area (Å²) in [6, 6.07) is 0. The molecule has 0 spiro atoms. The Bertz CT molecular complexity index is 386. The Hall–Kier alpha value is -0.870. The van der Waals surface area contributed by atoms with Gasteiger partial charge in [0.25, 0.3) is 0 Å². The normalized spacial score (nSPS) is 20.0. The lowest BCUT2D eigenvalue weighted by Gasteiger charge is -2.36. The van der Waals surface area contributed by atoms with Crippen LogP contribution in [0.3, 0.4) is 0 Å². The standard InChI is InChI=1S/C14H25N3O/c1-13(2,3)16-10-12-9-15-11-17(12)14(4)5-7-18-8-6-14/h9,11,16H,5-8,10H2,1-4H3. The monoisotopic (exact) mass is 251 g/mol. The van der Waals surface area contributed by atoms with Gasteiger partial charge < -0.3 is 14.6 Å². The molecule has 2 heterocycles. The van der Waals surface area contributed by atoms with E-state index >= 15 is 0 Å². The third-order valence-corrected chi connectivity index (χ3v) is 3.67. The zero-order valence-corrected chi connectivity index (χ0v) is 12.0. The maximum absolute atomic E-state index is 5.47. The molecule has 0 amide bonds. The van der Waals surface area contributed by atoms with Crippen LogP contribution in [-0.4, -0.2) is 28.3 Å². The second-order valence-electron chi connectivity index (χ2n) is 6.47. The van der Waals surface area contributed by atoms with E-state index in [4.69, 9.17) is 4.74 Å². The van der Waals surface area contributed by atoms with Crippen LogP contribution in [0.1, 0.15) is 46.2 Å². The molecule has 1 N–H and O–H groups in total. The van der Waals surface area contributed by atoms with Gasteiger partial charge in [-0.3, -0.25) is 0 Å². The Labute approximate surface area is 110 Å². The van der Waals surface area contributed by atoms with Crippen LogP contribution in [-0.2, 0) is 16.8 Å². The molecule has 1 aliphatic rings. The third-order valence-electron chi connectivity index (χ3n) is 3.67. The number of aromatic nitrogens is 2. The second-order valence-corrected chi connectivity index (χ2v) is 6.47. The van der Waals surface area contributed by atoms with E-state index in [0.29, 0.717) is 0 Å². The smallest absolute Gasteiger partial charge is 0.0953 e. The molecule has 0 aromatic carbocycles. The lowest BCUT2D eigenvalue weighted by molar-refractivity contribution is 0.0281. The van der Waals surface area contributed by atoms with Crippen LogP contribution < -0.4 is 5.32 Å². The first kappa shape index (κ1) is 13.6. The molecule has 0 radical (unpaired) electrons. The predicted molar refractivity (Wildman–Crippen MR) is 72.5 cm³/mol. The lowest BCUT2D eigenvalue weighted by atomic mass is 9.92. The summed E-state index contributed by atoms with van der Waals surface area (Å²) in [7, 11) is 0. The van der Waals surface area contributed by atoms with Crippen LogP contribution in [0.5, 0.6) is 0 Å². The molecule has 0 saturated carbocycles. The van der Waals surface area contributed by atoms with Crippen molar-refractivity contribution in [2.24, 2.45) is 0 Å². The summed E-state index contributed by atoms with van der Waals surface area (Å²) in [4.78, 5) is 4.33. The van der Waals surface area contributed by atoms with E-state index in [1.165, 1.54) is 5.69 Å². The molecule has 4 heteroatoms. The number of imidazole rings is 1. The van der Waals surface area contributed by atoms with Crippen LogP contribution in [0.4, 0.5) is 0 Å². The van der Waals surface area contributed by atoms with E-state index in [-0.39, 0.29) is 11.1 Å². The molecule has 1 fully saturated rings. The van der Waals surface area contributed by atoms with Gasteiger partial charge in [0, 0.05) is 37.0 Å². The second kappa shape index (κ2) is 5.02. The van der Waals surface area contributed by atoms with Gasteiger partial charge in [0.2, 0.25) is 0 Å². The topological polar surface area (TPSA) is 39.1 Å². The number of nitrogens with zero attached hydrogens (tertiary/aromatic N) is 2. The fourth-order valence-corrected chi connectivity index (χ4v) is 2.35. The highest BCUT2D eigenvalue weighted by atomic mass is 16.5. The average Bonchev–Trinajstić information content (AvgIpc) is 2.75. The average molecular weight is 251 g/mol. The first-order valence-electron chi connectivity index (χ1n) is 6.75. The van der Waals surface area contributed by atoms with E-state index in [9.17, 15) is 0 Å². The van der Waals surface area contributed by atoms with Gasteiger partial charge in [-0.1, -0.05) is 0 Å². The van der Waals surface area contributed by atoms with E-state index in [1.807, 2.05) is 12.5 Å². The van der Waals surface area contributed by atoms with Gasteiger partial charge in [0.1, 0.15) is 0 Å². The Morgan fingerprint density at radius 2 is 2.06 bits per heavy atom. The van der Waals surface area contributed by atoms with Gasteiger partial charge in [-0.15, -0.1) is 0 Å². The fourth-order valence-electron chi connectivity index (χ4n) is 2.35. The summed E-state index contributed by atoms with van der Waals surface area (Å²) in [6.07, 6.45) is 6.06. The van der Waals surface area contributed by atoms with Crippen LogP contribution >= 0.6 is 0 Å². The molecule has 18 heavy (non-hydrogen) atoms. The number of nitrogens with one attached hydrogen (secondary N) is 1. The molecule has 0 bridgehead atoms. The van der Waals surface area contributed by atoms with E-state index in [0.717, 1.165) is 32.6 Å². The zero-order valence-electron chi connectivity index (χ0n) is 12.0. The first-order valence-corrected chi connectivity index (χ1v) is 6.75. The Morgan fingerprint density at radius 3 is 2.67 bits per heavy atom. The minimum Gasteiger partial charge on any atom is -0.381 e. The molecule has 102 valence electrons. The van der Waals surface area contributed by atoms with Crippen LogP contribution in [0, 0.1) is 0 Å². The van der Waals surface area contributed by atoms with Crippen molar-refractivity contribution in [3.05, 3.63) is 18.2 Å². The van der Waals surface area contributed by atoms with Gasteiger partial charge >= 0.3 is 0 Å². The number of hydrogen-bond acceptors (Lipinski definition) is 3. The fraction of sp³-hybridized carbons (Fsp3) is 0.786. The summed E-state index contributed by atoms with van der Waals surface area (Å²) in [5.41, 5.74) is 1.55. The van der Waals surface area contributed by atoms with E-state index in [1.54, 1.807) is 0 Å². The SMILES string of the molecule is CC(C)(C)NCc1cncn1C1(C)CCOCC1. The lowest BCUT2D eigenvalue weighted by Crippen LogP contribution is -2.40. The highest BCUT2D eigenvalue weighted by Gasteiger charge is 2.30. The molecule has 1 aromatic heterocycles. The maximum atomic E-state index is 5.47. The molecular formula is C14H25N3O. The van der Waals surface area contributed by atoms with Crippen molar-refractivity contribution < 1.29 is 4.74 Å². The quantitative estimate of drug-likeness (QED) is 0.896. The van der Waals surface area contributed by atoms with E-state index in [2.05, 4.69) is 42.6 Å². The molecular weight excluding hydrogens is 226 g/mol. The summed E-state index contributed by atoms with van der Waals surface area (Å²) >= 11 is 0. The first-order chi connectivity index (χ1) is 8.41. The molecule has 2 rings (SSSR count). The summed E-state index contributed by atoms with van der Waals surface area (Å²) in [5.74, 6) is 0. The van der Waals surface area contributed by atoms with Gasteiger partial charge in [0.05, 0.1) is 12.0 Å². The molecule has 0 aliphatic carbocycles. The minimum absolute atomic E-state index is 0.131. The van der Waals surface area contributed by atoms with Crippen molar-refractivity contribution in [3.8, 4) is 0 Å². The third kappa shape index (κ3) is 3.12. The highest BCUT2D eigenvalue weighted by Crippen LogP contribution is 2.29. The van der Waals surface area contributed by atoms with Gasteiger partial charge in [-0.2, -0.15) is 0 Å². The number of hydrogen-bond donors (Lipinski definition) is 1. The van der Waals surface area contributed by atoms with Crippen molar-refractivity contribution in [2.45, 2.75) is 58.2 Å². The van der Waals surface area contributed by atoms with Gasteiger partial charge in [-0.05, 0) is 40.5 Å². The van der Waals surface area contributed by atoms with Crippen LogP contribution in [0.15, 0.2) is 12.5 Å². The number of rotatable bonds is 3. The van der Waals surface area contributed by atoms with Crippen molar-refractivity contribution in [1.29, 1.82) is 0 Å². The molecule has 1 saturated heterocycles. The van der Waals surface area contributed by atoms with E-state index < -0.39 is 0 Å².